The van der Waals surface area contributed by atoms with E-state index in [2.05, 4.69) is 24.0 Å². The van der Waals surface area contributed by atoms with Crippen LogP contribution >= 0.6 is 11.8 Å². The number of para-hydroxylation sites is 1. The summed E-state index contributed by atoms with van der Waals surface area (Å²) in [6, 6.07) is 23.7. The third-order valence-corrected chi connectivity index (χ3v) is 6.41. The summed E-state index contributed by atoms with van der Waals surface area (Å²) in [5.41, 5.74) is 5.15. The van der Waals surface area contributed by atoms with Crippen LogP contribution < -0.4 is 10.3 Å². The number of benzene rings is 3. The number of rotatable bonds is 5. The van der Waals surface area contributed by atoms with Crippen LogP contribution in [0.1, 0.15) is 11.1 Å². The van der Waals surface area contributed by atoms with Gasteiger partial charge in [-0.2, -0.15) is 0 Å². The van der Waals surface area contributed by atoms with Crippen LogP contribution in [0, 0.1) is 6.92 Å². The zero-order chi connectivity index (χ0) is 21.4. The Hall–Kier alpha value is -3.51. The molecule has 0 aliphatic carbocycles. The van der Waals surface area contributed by atoms with Crippen LogP contribution in [-0.2, 0) is 5.75 Å². The zero-order valence-corrected chi connectivity index (χ0v) is 18.1. The van der Waals surface area contributed by atoms with Crippen LogP contribution in [0.4, 0.5) is 0 Å². The van der Waals surface area contributed by atoms with E-state index in [1.54, 1.807) is 23.4 Å². The molecule has 6 heteroatoms. The highest BCUT2D eigenvalue weighted by atomic mass is 32.2. The van der Waals surface area contributed by atoms with Crippen molar-refractivity contribution in [2.24, 2.45) is 0 Å². The number of nitrogens with one attached hydrogen (secondary N) is 1. The number of methoxy groups -OCH3 is 1. The summed E-state index contributed by atoms with van der Waals surface area (Å²) in [5.74, 6) is 1.41. The summed E-state index contributed by atoms with van der Waals surface area (Å²) >= 11 is 1.56. The highest BCUT2D eigenvalue weighted by molar-refractivity contribution is 7.98. The molecule has 31 heavy (non-hydrogen) atoms. The molecule has 0 bridgehead atoms. The lowest BCUT2D eigenvalue weighted by molar-refractivity contribution is 0.414. The van der Waals surface area contributed by atoms with Gasteiger partial charge in [-0.05, 0) is 36.2 Å². The number of fused-ring (bicyclic) bond motifs is 3. The molecular formula is C25H21N3O2S. The van der Waals surface area contributed by atoms with Crippen molar-refractivity contribution in [3.63, 3.8) is 0 Å². The molecule has 2 heterocycles. The van der Waals surface area contributed by atoms with E-state index in [0.717, 1.165) is 22.3 Å². The normalized spacial score (nSPS) is 11.3. The van der Waals surface area contributed by atoms with Gasteiger partial charge < -0.3 is 9.72 Å². The van der Waals surface area contributed by atoms with Crippen molar-refractivity contribution < 1.29 is 4.74 Å². The highest BCUT2D eigenvalue weighted by Crippen LogP contribution is 2.29. The molecule has 0 aliphatic heterocycles. The molecule has 5 aromatic rings. The summed E-state index contributed by atoms with van der Waals surface area (Å²) in [4.78, 5) is 21.8. The van der Waals surface area contributed by atoms with E-state index in [1.165, 1.54) is 11.1 Å². The molecule has 2 aromatic heterocycles. The third-order valence-electron chi connectivity index (χ3n) is 5.42. The number of aryl methyl sites for hydroxylation is 1. The van der Waals surface area contributed by atoms with Crippen LogP contribution in [0.5, 0.6) is 5.75 Å². The molecule has 0 saturated carbocycles. The lowest BCUT2D eigenvalue weighted by Crippen LogP contribution is -2.21. The fourth-order valence-corrected chi connectivity index (χ4v) is 4.81. The molecule has 0 radical (unpaired) electrons. The molecule has 0 spiro atoms. The number of nitrogens with zero attached hydrogens (tertiary/aromatic N) is 2. The molecule has 0 unspecified atom stereocenters. The second-order valence-electron chi connectivity index (χ2n) is 7.35. The Morgan fingerprint density at radius 2 is 1.84 bits per heavy atom. The number of hydrogen-bond donors (Lipinski definition) is 1. The first-order valence-corrected chi connectivity index (χ1v) is 11.0. The number of H-pyrrole nitrogens is 1. The van der Waals surface area contributed by atoms with Crippen molar-refractivity contribution in [2.75, 3.05) is 7.11 Å². The molecule has 0 fully saturated rings. The average Bonchev–Trinajstić information content (AvgIpc) is 3.18. The Morgan fingerprint density at radius 1 is 1.03 bits per heavy atom. The maximum Gasteiger partial charge on any atom is 0.283 e. The van der Waals surface area contributed by atoms with E-state index in [9.17, 15) is 4.79 Å². The highest BCUT2D eigenvalue weighted by Gasteiger charge is 2.17. The van der Waals surface area contributed by atoms with Gasteiger partial charge in [0.15, 0.2) is 5.16 Å². The van der Waals surface area contributed by atoms with E-state index >= 15 is 0 Å². The summed E-state index contributed by atoms with van der Waals surface area (Å²) in [5, 5.41) is 1.60. The molecule has 5 nitrogen and oxygen atoms in total. The Bertz CT molecular complexity index is 1470. The van der Waals surface area contributed by atoms with Crippen LogP contribution in [-0.4, -0.2) is 21.6 Å². The van der Waals surface area contributed by atoms with E-state index in [1.807, 2.05) is 60.7 Å². The van der Waals surface area contributed by atoms with Gasteiger partial charge in [0.1, 0.15) is 16.8 Å². The van der Waals surface area contributed by atoms with Gasteiger partial charge in [-0.3, -0.25) is 9.36 Å². The van der Waals surface area contributed by atoms with Crippen LogP contribution in [0.2, 0.25) is 0 Å². The van der Waals surface area contributed by atoms with Crippen molar-refractivity contribution >= 4 is 33.7 Å². The van der Waals surface area contributed by atoms with Gasteiger partial charge >= 0.3 is 0 Å². The minimum atomic E-state index is -0.123. The molecule has 154 valence electrons. The second-order valence-corrected chi connectivity index (χ2v) is 8.29. The lowest BCUT2D eigenvalue weighted by Gasteiger charge is -2.13. The van der Waals surface area contributed by atoms with Gasteiger partial charge in [0.2, 0.25) is 0 Å². The first kappa shape index (κ1) is 19.5. The largest absolute Gasteiger partial charge is 0.497 e. The quantitative estimate of drug-likeness (QED) is 0.298. The predicted octanol–water partition coefficient (Wildman–Crippen LogP) is 5.48. The number of aromatic amines is 1. The first-order chi connectivity index (χ1) is 15.2. The molecule has 0 atom stereocenters. The number of thioether (sulfide) groups is 1. The predicted molar refractivity (Wildman–Crippen MR) is 126 cm³/mol. The Kier molecular flexibility index (Phi) is 5.00. The standard InChI is InChI=1S/C25H21N3O2S/c1-16-8-3-4-9-17(16)15-31-25-27-22-20-12-5-6-13-21(20)26-23(22)24(29)28(25)18-10-7-11-19(14-18)30-2/h3-14,26H,15H2,1-2H3. The maximum atomic E-state index is 13.6. The Morgan fingerprint density at radius 3 is 2.68 bits per heavy atom. The summed E-state index contributed by atoms with van der Waals surface area (Å²) < 4.78 is 7.06. The number of hydrogen-bond acceptors (Lipinski definition) is 4. The van der Waals surface area contributed by atoms with Crippen molar-refractivity contribution in [3.8, 4) is 11.4 Å². The minimum absolute atomic E-state index is 0.123. The van der Waals surface area contributed by atoms with Crippen molar-refractivity contribution in [2.45, 2.75) is 17.8 Å². The maximum absolute atomic E-state index is 13.6. The first-order valence-electron chi connectivity index (χ1n) is 10.0. The molecular weight excluding hydrogens is 406 g/mol. The fourth-order valence-electron chi connectivity index (χ4n) is 3.73. The van der Waals surface area contributed by atoms with Gasteiger partial charge in [0.05, 0.1) is 12.8 Å². The van der Waals surface area contributed by atoms with E-state index in [0.29, 0.717) is 21.9 Å². The smallest absolute Gasteiger partial charge is 0.283 e. The average molecular weight is 428 g/mol. The van der Waals surface area contributed by atoms with Crippen LogP contribution in [0.25, 0.3) is 27.6 Å². The Balaban J connectivity index is 1.73. The van der Waals surface area contributed by atoms with Gasteiger partial charge in [-0.1, -0.05) is 60.3 Å². The fraction of sp³-hybridized carbons (Fsp3) is 0.120. The Labute approximate surface area is 183 Å². The van der Waals surface area contributed by atoms with Gasteiger partial charge in [0, 0.05) is 22.7 Å². The molecule has 0 aliphatic rings. The van der Waals surface area contributed by atoms with Crippen molar-refractivity contribution in [3.05, 3.63) is 94.3 Å². The molecule has 1 N–H and O–H groups in total. The third kappa shape index (κ3) is 3.49. The van der Waals surface area contributed by atoms with Crippen LogP contribution in [0.3, 0.4) is 0 Å². The topological polar surface area (TPSA) is 59.9 Å². The minimum Gasteiger partial charge on any atom is -0.497 e. The molecule has 0 saturated heterocycles. The summed E-state index contributed by atoms with van der Waals surface area (Å²) in [6.45, 7) is 2.10. The van der Waals surface area contributed by atoms with Crippen molar-refractivity contribution in [1.82, 2.24) is 14.5 Å². The molecule has 5 rings (SSSR count). The van der Waals surface area contributed by atoms with E-state index in [-0.39, 0.29) is 5.56 Å². The summed E-state index contributed by atoms with van der Waals surface area (Å²) in [6.07, 6.45) is 0. The lowest BCUT2D eigenvalue weighted by atomic mass is 10.1. The van der Waals surface area contributed by atoms with E-state index < -0.39 is 0 Å². The molecule has 3 aromatic carbocycles. The zero-order valence-electron chi connectivity index (χ0n) is 17.3. The summed E-state index contributed by atoms with van der Waals surface area (Å²) in [7, 11) is 1.62. The monoisotopic (exact) mass is 427 g/mol. The second kappa shape index (κ2) is 7.96. The number of ether oxygens (including phenoxy) is 1. The molecule has 0 amide bonds. The van der Waals surface area contributed by atoms with Gasteiger partial charge in [-0.25, -0.2) is 4.98 Å². The van der Waals surface area contributed by atoms with Gasteiger partial charge in [0.25, 0.3) is 5.56 Å². The van der Waals surface area contributed by atoms with Crippen LogP contribution in [0.15, 0.2) is 82.7 Å². The van der Waals surface area contributed by atoms with Gasteiger partial charge in [-0.15, -0.1) is 0 Å². The number of aromatic nitrogens is 3. The SMILES string of the molecule is COc1cccc(-n2c(SCc3ccccc3C)nc3c([nH]c4ccccc43)c2=O)c1. The van der Waals surface area contributed by atoms with Crippen molar-refractivity contribution in [1.29, 1.82) is 0 Å². The van der Waals surface area contributed by atoms with E-state index in [4.69, 9.17) is 9.72 Å².